The van der Waals surface area contributed by atoms with Crippen LogP contribution in [0.1, 0.15) is 34.3 Å². The fourth-order valence-corrected chi connectivity index (χ4v) is 3.19. The van der Waals surface area contributed by atoms with E-state index in [0.29, 0.717) is 5.56 Å². The summed E-state index contributed by atoms with van der Waals surface area (Å²) in [6.07, 6.45) is -4.15. The quantitative estimate of drug-likeness (QED) is 0.530. The second-order valence-electron chi connectivity index (χ2n) is 6.74. The molecule has 2 aromatic rings. The lowest BCUT2D eigenvalue weighted by molar-refractivity contribution is -0.342. The van der Waals surface area contributed by atoms with Crippen LogP contribution in [0, 0.1) is 11.8 Å². The van der Waals surface area contributed by atoms with Crippen LogP contribution in [0.5, 0.6) is 5.75 Å². The van der Waals surface area contributed by atoms with E-state index in [1.807, 2.05) is 0 Å². The molecule has 7 nitrogen and oxygen atoms in total. The zero-order chi connectivity index (χ0) is 23.3. The Kier molecular flexibility index (Phi) is 7.22. The van der Waals surface area contributed by atoms with Crippen molar-refractivity contribution in [3.8, 4) is 17.6 Å². The number of carbonyl (C=O) groups is 1. The van der Waals surface area contributed by atoms with E-state index < -0.39 is 42.9 Å². The van der Waals surface area contributed by atoms with E-state index in [4.69, 9.17) is 0 Å². The molecule has 1 fully saturated rings. The Labute approximate surface area is 178 Å². The molecule has 1 amide bonds. The molecule has 2 N–H and O–H groups in total. The highest BCUT2D eigenvalue weighted by Gasteiger charge is 2.41. The number of aromatic nitrogens is 2. The summed E-state index contributed by atoms with van der Waals surface area (Å²) in [5.41, 5.74) is 0.0241. The van der Waals surface area contributed by atoms with Crippen molar-refractivity contribution in [2.45, 2.75) is 44.1 Å². The Hall–Kier alpha value is -3.30. The molecule has 1 aliphatic rings. The third-order valence-corrected chi connectivity index (χ3v) is 4.47. The van der Waals surface area contributed by atoms with E-state index in [0.717, 1.165) is 0 Å². The van der Waals surface area contributed by atoms with Crippen molar-refractivity contribution < 1.29 is 41.3 Å². The lowest BCUT2D eigenvalue weighted by Gasteiger charge is -2.18. The van der Waals surface area contributed by atoms with Crippen molar-refractivity contribution in [2.75, 3.05) is 0 Å². The van der Waals surface area contributed by atoms with Crippen LogP contribution in [-0.2, 0) is 4.74 Å². The standard InChI is InChI=1S/C20H16F5N3O4/c21-19(22)31-17-12(5-4-11-8-26-10-27-9-11)2-1-3-14(17)18(30)28-15-6-13(7-16(15)29)32-20(23,24)25/h1-3,8-10,13,15-16,19,29H,6-7H2,(H,28,30)/t13-,15-,16-/m0/s1. The van der Waals surface area contributed by atoms with Gasteiger partial charge in [0.25, 0.3) is 5.91 Å². The Balaban J connectivity index is 1.82. The molecule has 0 unspecified atom stereocenters. The normalized spacial score (nSPS) is 20.5. The number of hydrogen-bond acceptors (Lipinski definition) is 6. The maximum atomic E-state index is 13.0. The van der Waals surface area contributed by atoms with Gasteiger partial charge in [0.05, 0.1) is 34.9 Å². The topological polar surface area (TPSA) is 93.6 Å². The zero-order valence-electron chi connectivity index (χ0n) is 16.1. The van der Waals surface area contributed by atoms with Gasteiger partial charge in [-0.25, -0.2) is 9.97 Å². The number of nitrogens with zero attached hydrogens (tertiary/aromatic N) is 2. The third-order valence-electron chi connectivity index (χ3n) is 4.47. The van der Waals surface area contributed by atoms with Crippen LogP contribution in [0.2, 0.25) is 0 Å². The highest BCUT2D eigenvalue weighted by molar-refractivity contribution is 5.98. The van der Waals surface area contributed by atoms with Gasteiger partial charge in [0.1, 0.15) is 6.33 Å². The highest BCUT2D eigenvalue weighted by Crippen LogP contribution is 2.30. The molecule has 3 rings (SSSR count). The van der Waals surface area contributed by atoms with Gasteiger partial charge in [-0.2, -0.15) is 8.78 Å². The summed E-state index contributed by atoms with van der Waals surface area (Å²) < 4.78 is 71.6. The number of carbonyl (C=O) groups excluding carboxylic acids is 1. The number of nitrogens with one attached hydrogen (secondary N) is 1. The number of rotatable bonds is 5. The van der Waals surface area contributed by atoms with Gasteiger partial charge in [-0.3, -0.25) is 9.53 Å². The minimum atomic E-state index is -4.89. The summed E-state index contributed by atoms with van der Waals surface area (Å²) in [6.45, 7) is -3.27. The van der Waals surface area contributed by atoms with Crippen molar-refractivity contribution in [3.05, 3.63) is 53.6 Å². The van der Waals surface area contributed by atoms with Gasteiger partial charge < -0.3 is 15.2 Å². The van der Waals surface area contributed by atoms with Crippen LogP contribution in [0.25, 0.3) is 0 Å². The molecule has 1 aromatic heterocycles. The van der Waals surface area contributed by atoms with Crippen molar-refractivity contribution in [1.29, 1.82) is 0 Å². The van der Waals surface area contributed by atoms with E-state index in [1.165, 1.54) is 36.9 Å². The maximum absolute atomic E-state index is 13.0. The van der Waals surface area contributed by atoms with E-state index in [-0.39, 0.29) is 24.0 Å². The van der Waals surface area contributed by atoms with Crippen LogP contribution < -0.4 is 10.1 Å². The molecule has 1 aliphatic carbocycles. The molecule has 12 heteroatoms. The number of benzene rings is 1. The minimum absolute atomic E-state index is 0.0351. The smallest absolute Gasteiger partial charge is 0.433 e. The molecule has 3 atom stereocenters. The number of aliphatic hydroxyl groups is 1. The number of halogens is 5. The van der Waals surface area contributed by atoms with Crippen molar-refractivity contribution in [1.82, 2.24) is 15.3 Å². The minimum Gasteiger partial charge on any atom is -0.433 e. The van der Waals surface area contributed by atoms with Crippen molar-refractivity contribution >= 4 is 5.91 Å². The molecule has 0 radical (unpaired) electrons. The number of ether oxygens (including phenoxy) is 2. The molecule has 0 bridgehead atoms. The zero-order valence-corrected chi connectivity index (χ0v) is 16.1. The van der Waals surface area contributed by atoms with Gasteiger partial charge in [-0.1, -0.05) is 17.9 Å². The first kappa shape index (κ1) is 23.4. The Morgan fingerprint density at radius 1 is 1.19 bits per heavy atom. The molecule has 1 heterocycles. The van der Waals surface area contributed by atoms with Crippen LogP contribution in [0.3, 0.4) is 0 Å². The molecule has 32 heavy (non-hydrogen) atoms. The van der Waals surface area contributed by atoms with E-state index in [2.05, 4.69) is 36.6 Å². The molecule has 1 aromatic carbocycles. The molecule has 1 saturated carbocycles. The van der Waals surface area contributed by atoms with Gasteiger partial charge in [0.2, 0.25) is 0 Å². The van der Waals surface area contributed by atoms with E-state index in [1.54, 1.807) is 0 Å². The number of aliphatic hydroxyl groups excluding tert-OH is 1. The highest BCUT2D eigenvalue weighted by atomic mass is 19.4. The van der Waals surface area contributed by atoms with Gasteiger partial charge in [-0.05, 0) is 18.6 Å². The van der Waals surface area contributed by atoms with Crippen LogP contribution in [0.4, 0.5) is 22.0 Å². The summed E-state index contributed by atoms with van der Waals surface area (Å²) in [6, 6.07) is 2.84. The third kappa shape index (κ3) is 6.35. The fraction of sp³-hybridized carbons (Fsp3) is 0.350. The lowest BCUT2D eigenvalue weighted by Crippen LogP contribution is -2.40. The van der Waals surface area contributed by atoms with Crippen molar-refractivity contribution in [3.63, 3.8) is 0 Å². The molecular formula is C20H16F5N3O4. The predicted octanol–water partition coefficient (Wildman–Crippen LogP) is 2.64. The average molecular weight is 457 g/mol. The predicted molar refractivity (Wildman–Crippen MR) is 98.5 cm³/mol. The van der Waals surface area contributed by atoms with Crippen molar-refractivity contribution in [2.24, 2.45) is 0 Å². The summed E-state index contributed by atoms with van der Waals surface area (Å²) in [5.74, 6) is 3.82. The number of hydrogen-bond donors (Lipinski definition) is 2. The summed E-state index contributed by atoms with van der Waals surface area (Å²) in [7, 11) is 0. The van der Waals surface area contributed by atoms with Crippen LogP contribution >= 0.6 is 0 Å². The largest absolute Gasteiger partial charge is 0.522 e. The molecule has 0 saturated heterocycles. The Bertz CT molecular complexity index is 1010. The number of alkyl halides is 5. The maximum Gasteiger partial charge on any atom is 0.522 e. The first-order valence-electron chi connectivity index (χ1n) is 9.20. The average Bonchev–Trinajstić information content (AvgIpc) is 3.04. The van der Waals surface area contributed by atoms with E-state index in [9.17, 15) is 31.9 Å². The van der Waals surface area contributed by atoms with Gasteiger partial charge in [-0.15, -0.1) is 13.2 Å². The summed E-state index contributed by atoms with van der Waals surface area (Å²) >= 11 is 0. The lowest BCUT2D eigenvalue weighted by atomic mass is 10.1. The number of amides is 1. The van der Waals surface area contributed by atoms with Gasteiger partial charge in [0.15, 0.2) is 5.75 Å². The monoisotopic (exact) mass is 457 g/mol. The second-order valence-corrected chi connectivity index (χ2v) is 6.74. The van der Waals surface area contributed by atoms with Gasteiger partial charge >= 0.3 is 13.0 Å². The molecule has 170 valence electrons. The first-order valence-corrected chi connectivity index (χ1v) is 9.20. The molecule has 0 spiro atoms. The van der Waals surface area contributed by atoms with Crippen LogP contribution in [-0.4, -0.2) is 52.2 Å². The van der Waals surface area contributed by atoms with Crippen LogP contribution in [0.15, 0.2) is 36.9 Å². The van der Waals surface area contributed by atoms with E-state index >= 15 is 0 Å². The fourth-order valence-electron chi connectivity index (χ4n) is 3.19. The Morgan fingerprint density at radius 3 is 2.56 bits per heavy atom. The first-order chi connectivity index (χ1) is 15.1. The Morgan fingerprint density at radius 2 is 1.91 bits per heavy atom. The molecule has 0 aliphatic heterocycles. The second kappa shape index (κ2) is 9.88. The SMILES string of the molecule is O=C(N[C@H]1C[C@H](OC(F)(F)F)C[C@@H]1O)c1cccc(C#Cc2cncnc2)c1OC(F)F. The van der Waals surface area contributed by atoms with Gasteiger partial charge in [0, 0.05) is 18.8 Å². The number of para-hydroxylation sites is 1. The summed E-state index contributed by atoms with van der Waals surface area (Å²) in [5, 5.41) is 12.3. The summed E-state index contributed by atoms with van der Waals surface area (Å²) in [4.78, 5) is 20.2. The molecular weight excluding hydrogens is 441 g/mol.